The molecule has 1 amide bonds. The standard InChI is InChI=1S/C29H31ClN4O2S/c1-4-36-16-8-15-34-27(23-11-13-24(30)14-12-23)32-33-29(34)37-26(22-9-6-5-7-10-22)28(35)31-25-18-20(2)17-21(3)19-25/h5-7,9-14,17-19,26H,4,8,15-16H2,1-3H3,(H,31,35)/t26-/m1/s1. The number of aromatic nitrogens is 3. The van der Waals surface area contributed by atoms with Gasteiger partial charge in [0.2, 0.25) is 5.91 Å². The number of aryl methyl sites for hydroxylation is 2. The van der Waals surface area contributed by atoms with Crippen LogP contribution in [0.5, 0.6) is 0 Å². The van der Waals surface area contributed by atoms with Crippen LogP contribution in [0.25, 0.3) is 11.4 Å². The molecule has 0 saturated carbocycles. The van der Waals surface area contributed by atoms with Crippen molar-refractivity contribution in [2.24, 2.45) is 0 Å². The summed E-state index contributed by atoms with van der Waals surface area (Å²) >= 11 is 7.51. The molecular weight excluding hydrogens is 504 g/mol. The minimum Gasteiger partial charge on any atom is -0.382 e. The van der Waals surface area contributed by atoms with Crippen LogP contribution < -0.4 is 5.32 Å². The first-order valence-electron chi connectivity index (χ1n) is 12.3. The third-order valence-electron chi connectivity index (χ3n) is 5.75. The summed E-state index contributed by atoms with van der Waals surface area (Å²) in [6, 6.07) is 23.4. The third kappa shape index (κ3) is 7.22. The van der Waals surface area contributed by atoms with Gasteiger partial charge in [0.15, 0.2) is 11.0 Å². The number of anilines is 1. The minimum atomic E-state index is -0.519. The highest BCUT2D eigenvalue weighted by Gasteiger charge is 2.26. The van der Waals surface area contributed by atoms with Gasteiger partial charge in [-0.05, 0) is 80.3 Å². The molecule has 0 spiro atoms. The van der Waals surface area contributed by atoms with Gasteiger partial charge in [-0.15, -0.1) is 10.2 Å². The monoisotopic (exact) mass is 534 g/mol. The molecule has 4 aromatic rings. The predicted molar refractivity (Wildman–Crippen MR) is 151 cm³/mol. The topological polar surface area (TPSA) is 69.0 Å². The van der Waals surface area contributed by atoms with Crippen molar-refractivity contribution in [3.8, 4) is 11.4 Å². The first-order chi connectivity index (χ1) is 17.9. The highest BCUT2D eigenvalue weighted by atomic mass is 35.5. The maximum Gasteiger partial charge on any atom is 0.242 e. The Kier molecular flexibility index (Phi) is 9.39. The summed E-state index contributed by atoms with van der Waals surface area (Å²) in [6.45, 7) is 7.99. The lowest BCUT2D eigenvalue weighted by molar-refractivity contribution is -0.115. The van der Waals surface area contributed by atoms with Crippen LogP contribution in [0.2, 0.25) is 5.02 Å². The highest BCUT2D eigenvalue weighted by Crippen LogP contribution is 2.37. The summed E-state index contributed by atoms with van der Waals surface area (Å²) in [7, 11) is 0. The molecule has 0 aliphatic heterocycles. The highest BCUT2D eigenvalue weighted by molar-refractivity contribution is 8.00. The molecular formula is C29H31ClN4O2S. The molecule has 4 rings (SSSR count). The Balaban J connectivity index is 1.66. The maximum atomic E-state index is 13.6. The average Bonchev–Trinajstić information content (AvgIpc) is 3.27. The molecule has 0 radical (unpaired) electrons. The zero-order valence-electron chi connectivity index (χ0n) is 21.3. The largest absolute Gasteiger partial charge is 0.382 e. The normalized spacial score (nSPS) is 11.9. The van der Waals surface area contributed by atoms with E-state index in [1.165, 1.54) is 11.8 Å². The van der Waals surface area contributed by atoms with E-state index < -0.39 is 5.25 Å². The van der Waals surface area contributed by atoms with Crippen LogP contribution in [0, 0.1) is 13.8 Å². The molecule has 8 heteroatoms. The number of hydrogen-bond donors (Lipinski definition) is 1. The lowest BCUT2D eigenvalue weighted by atomic mass is 10.1. The molecule has 1 atom stereocenters. The van der Waals surface area contributed by atoms with E-state index in [9.17, 15) is 4.79 Å². The first-order valence-corrected chi connectivity index (χ1v) is 13.6. The van der Waals surface area contributed by atoms with Crippen molar-refractivity contribution in [1.82, 2.24) is 14.8 Å². The van der Waals surface area contributed by atoms with Crippen molar-refractivity contribution < 1.29 is 9.53 Å². The zero-order chi connectivity index (χ0) is 26.2. The Bertz CT molecular complexity index is 1310. The van der Waals surface area contributed by atoms with Crippen molar-refractivity contribution in [3.63, 3.8) is 0 Å². The van der Waals surface area contributed by atoms with Crippen LogP contribution in [-0.4, -0.2) is 33.9 Å². The van der Waals surface area contributed by atoms with Crippen LogP contribution in [0.4, 0.5) is 5.69 Å². The smallest absolute Gasteiger partial charge is 0.242 e. The van der Waals surface area contributed by atoms with Gasteiger partial charge < -0.3 is 14.6 Å². The van der Waals surface area contributed by atoms with E-state index in [0.29, 0.717) is 29.9 Å². The SMILES string of the molecule is CCOCCCn1c(S[C@@H](C(=O)Nc2cc(C)cc(C)c2)c2ccccc2)nnc1-c1ccc(Cl)cc1. The number of benzene rings is 3. The number of thioether (sulfide) groups is 1. The molecule has 1 N–H and O–H groups in total. The molecule has 1 heterocycles. The fraction of sp³-hybridized carbons (Fsp3) is 0.276. The van der Waals surface area contributed by atoms with Gasteiger partial charge in [0.05, 0.1) is 0 Å². The second-order valence-electron chi connectivity index (χ2n) is 8.79. The minimum absolute atomic E-state index is 0.113. The average molecular weight is 535 g/mol. The van der Waals surface area contributed by atoms with Gasteiger partial charge >= 0.3 is 0 Å². The van der Waals surface area contributed by atoms with Crippen LogP contribution in [0.1, 0.15) is 35.3 Å². The molecule has 0 bridgehead atoms. The Morgan fingerprint density at radius 1 is 1.03 bits per heavy atom. The fourth-order valence-electron chi connectivity index (χ4n) is 4.12. The van der Waals surface area contributed by atoms with Gasteiger partial charge in [-0.2, -0.15) is 0 Å². The third-order valence-corrected chi connectivity index (χ3v) is 7.23. The van der Waals surface area contributed by atoms with Crippen molar-refractivity contribution in [1.29, 1.82) is 0 Å². The lowest BCUT2D eigenvalue weighted by Crippen LogP contribution is -2.20. The number of rotatable bonds is 11. The van der Waals surface area contributed by atoms with Crippen molar-refractivity contribution in [2.45, 2.75) is 44.1 Å². The first kappa shape index (κ1) is 26.9. The van der Waals surface area contributed by atoms with Crippen LogP contribution >= 0.6 is 23.4 Å². The summed E-state index contributed by atoms with van der Waals surface area (Å²) in [5, 5.41) is 13.0. The van der Waals surface area contributed by atoms with Crippen molar-refractivity contribution >= 4 is 35.0 Å². The molecule has 0 aliphatic carbocycles. The second-order valence-corrected chi connectivity index (χ2v) is 10.3. The van der Waals surface area contributed by atoms with Gasteiger partial charge in [0.1, 0.15) is 5.25 Å². The van der Waals surface area contributed by atoms with Gasteiger partial charge in [-0.1, -0.05) is 59.8 Å². The molecule has 0 unspecified atom stereocenters. The Morgan fingerprint density at radius 3 is 2.41 bits per heavy atom. The zero-order valence-corrected chi connectivity index (χ0v) is 22.9. The predicted octanol–water partition coefficient (Wildman–Crippen LogP) is 7.11. The van der Waals surface area contributed by atoms with Gasteiger partial charge in [0, 0.05) is 36.0 Å². The molecule has 192 valence electrons. The fourth-order valence-corrected chi connectivity index (χ4v) is 5.31. The molecule has 0 saturated heterocycles. The molecule has 3 aromatic carbocycles. The molecule has 37 heavy (non-hydrogen) atoms. The summed E-state index contributed by atoms with van der Waals surface area (Å²) in [4.78, 5) is 13.6. The van der Waals surface area contributed by atoms with Gasteiger partial charge in [-0.3, -0.25) is 4.79 Å². The van der Waals surface area contributed by atoms with Crippen LogP contribution in [0.3, 0.4) is 0 Å². The quantitative estimate of drug-likeness (QED) is 0.164. The molecule has 0 fully saturated rings. The summed E-state index contributed by atoms with van der Waals surface area (Å²) in [5.41, 5.74) is 4.79. The second kappa shape index (κ2) is 12.9. The van der Waals surface area contributed by atoms with Crippen LogP contribution in [-0.2, 0) is 16.1 Å². The van der Waals surface area contributed by atoms with Gasteiger partial charge in [-0.25, -0.2) is 0 Å². The Labute approximate surface area is 227 Å². The summed E-state index contributed by atoms with van der Waals surface area (Å²) < 4.78 is 7.63. The van der Waals surface area contributed by atoms with E-state index in [1.54, 1.807) is 0 Å². The number of halogens is 1. The number of nitrogens with zero attached hydrogens (tertiary/aromatic N) is 3. The number of nitrogens with one attached hydrogen (secondary N) is 1. The van der Waals surface area contributed by atoms with E-state index in [1.807, 2.05) is 87.5 Å². The van der Waals surface area contributed by atoms with E-state index in [4.69, 9.17) is 16.3 Å². The number of amides is 1. The van der Waals surface area contributed by atoms with Gasteiger partial charge in [0.25, 0.3) is 0 Å². The van der Waals surface area contributed by atoms with E-state index in [0.717, 1.165) is 40.2 Å². The number of carbonyl (C=O) groups excluding carboxylic acids is 1. The molecule has 0 aliphatic rings. The van der Waals surface area contributed by atoms with Crippen LogP contribution in [0.15, 0.2) is 78.0 Å². The number of ether oxygens (including phenoxy) is 1. The Hall–Kier alpha value is -3.13. The van der Waals surface area contributed by atoms with E-state index in [-0.39, 0.29) is 5.91 Å². The van der Waals surface area contributed by atoms with E-state index >= 15 is 0 Å². The van der Waals surface area contributed by atoms with Crippen molar-refractivity contribution in [2.75, 3.05) is 18.5 Å². The summed E-state index contributed by atoms with van der Waals surface area (Å²) in [5.74, 6) is 0.621. The van der Waals surface area contributed by atoms with Crippen molar-refractivity contribution in [3.05, 3.63) is 94.5 Å². The Morgan fingerprint density at radius 2 is 1.73 bits per heavy atom. The molecule has 1 aromatic heterocycles. The number of carbonyl (C=O) groups is 1. The van der Waals surface area contributed by atoms with E-state index in [2.05, 4.69) is 26.1 Å². The maximum absolute atomic E-state index is 13.6. The number of hydrogen-bond acceptors (Lipinski definition) is 5. The molecule has 6 nitrogen and oxygen atoms in total. The summed E-state index contributed by atoms with van der Waals surface area (Å²) in [6.07, 6.45) is 0.796. The lowest BCUT2D eigenvalue weighted by Gasteiger charge is -2.18.